The summed E-state index contributed by atoms with van der Waals surface area (Å²) >= 11 is 0. The number of rotatable bonds is 2. The molecule has 5 nitrogen and oxygen atoms in total. The highest BCUT2D eigenvalue weighted by molar-refractivity contribution is 5.53. The summed E-state index contributed by atoms with van der Waals surface area (Å²) in [6, 6.07) is 12.4. The fraction of sp³-hybridized carbons (Fsp3) is 0. The normalized spacial score (nSPS) is 10.3. The van der Waals surface area contributed by atoms with Gasteiger partial charge >= 0.3 is 0 Å². The van der Waals surface area contributed by atoms with Gasteiger partial charge in [0, 0.05) is 5.56 Å². The summed E-state index contributed by atoms with van der Waals surface area (Å²) in [7, 11) is 0. The quantitative estimate of drug-likeness (QED) is 0.724. The number of nitriles is 1. The third-order valence-corrected chi connectivity index (χ3v) is 2.79. The molecule has 3 aromatic rings. The Hall–Kier alpha value is -3.14. The number of hydrogen-bond donors (Lipinski definition) is 0. The van der Waals surface area contributed by atoms with Crippen LogP contribution in [0, 0.1) is 23.0 Å². The van der Waals surface area contributed by atoms with E-state index < -0.39 is 17.3 Å². The van der Waals surface area contributed by atoms with E-state index in [0.29, 0.717) is 5.56 Å². The molecular weight excluding hydrogens is 276 g/mol. The Morgan fingerprint density at radius 3 is 2.33 bits per heavy atom. The van der Waals surface area contributed by atoms with Gasteiger partial charge in [-0.15, -0.1) is 15.0 Å². The lowest BCUT2D eigenvalue weighted by Gasteiger charge is -2.02. The lowest BCUT2D eigenvalue weighted by atomic mass is 10.2. The molecule has 0 saturated carbocycles. The third-order valence-electron chi connectivity index (χ3n) is 2.79. The largest absolute Gasteiger partial charge is 0.205 e. The number of nitrogens with zero attached hydrogens (tertiary/aromatic N) is 5. The van der Waals surface area contributed by atoms with Gasteiger partial charge in [-0.2, -0.15) is 5.26 Å². The maximum Gasteiger partial charge on any atom is 0.205 e. The number of hydrogen-bond acceptors (Lipinski definition) is 4. The van der Waals surface area contributed by atoms with Gasteiger partial charge in [0.15, 0.2) is 17.3 Å². The maximum atomic E-state index is 13.9. The van der Waals surface area contributed by atoms with Crippen LogP contribution in [0.3, 0.4) is 0 Å². The zero-order valence-electron chi connectivity index (χ0n) is 10.5. The molecule has 1 aromatic heterocycles. The van der Waals surface area contributed by atoms with E-state index in [1.807, 2.05) is 6.07 Å². The molecule has 0 atom stereocenters. The molecule has 0 unspecified atom stereocenters. The maximum absolute atomic E-state index is 13.9. The molecule has 0 fully saturated rings. The van der Waals surface area contributed by atoms with E-state index in [1.54, 1.807) is 30.3 Å². The van der Waals surface area contributed by atoms with Gasteiger partial charge in [-0.3, -0.25) is 0 Å². The molecule has 0 aliphatic carbocycles. The first kappa shape index (κ1) is 12.9. The highest BCUT2D eigenvalue weighted by atomic mass is 19.1. The SMILES string of the molecule is N#Cc1cc(F)c(-n2nnc(-c3ccccc3)n2)c(F)c1. The zero-order chi connectivity index (χ0) is 14.8. The van der Waals surface area contributed by atoms with E-state index in [1.165, 1.54) is 0 Å². The van der Waals surface area contributed by atoms with Gasteiger partial charge < -0.3 is 0 Å². The molecule has 0 radical (unpaired) electrons. The molecule has 0 amide bonds. The van der Waals surface area contributed by atoms with Crippen LogP contribution in [0.4, 0.5) is 8.78 Å². The number of benzene rings is 2. The molecular formula is C14H7F2N5. The van der Waals surface area contributed by atoms with Crippen molar-refractivity contribution in [2.45, 2.75) is 0 Å². The summed E-state index contributed by atoms with van der Waals surface area (Å²) in [6.45, 7) is 0. The first-order valence-corrected chi connectivity index (χ1v) is 5.94. The average Bonchev–Trinajstić information content (AvgIpc) is 2.97. The summed E-state index contributed by atoms with van der Waals surface area (Å²) in [4.78, 5) is 0.772. The molecule has 2 aromatic carbocycles. The summed E-state index contributed by atoms with van der Waals surface area (Å²) in [5, 5.41) is 20.1. The van der Waals surface area contributed by atoms with Crippen molar-refractivity contribution in [1.29, 1.82) is 5.26 Å². The number of tetrazole rings is 1. The van der Waals surface area contributed by atoms with Crippen LogP contribution in [0.25, 0.3) is 17.1 Å². The average molecular weight is 283 g/mol. The second kappa shape index (κ2) is 5.09. The summed E-state index contributed by atoms with van der Waals surface area (Å²) in [5.74, 6) is -1.61. The Morgan fingerprint density at radius 2 is 1.71 bits per heavy atom. The van der Waals surface area contributed by atoms with E-state index in [-0.39, 0.29) is 11.4 Å². The fourth-order valence-electron chi connectivity index (χ4n) is 1.83. The predicted octanol–water partition coefficient (Wildman–Crippen LogP) is 2.48. The standard InChI is InChI=1S/C14H7F2N5/c15-11-6-9(8-17)7-12(16)13(11)21-19-14(18-20-21)10-4-2-1-3-5-10/h1-7H. The van der Waals surface area contributed by atoms with Crippen LogP contribution < -0.4 is 0 Å². The smallest absolute Gasteiger partial charge is 0.204 e. The van der Waals surface area contributed by atoms with Gasteiger partial charge in [0.05, 0.1) is 11.6 Å². The highest BCUT2D eigenvalue weighted by Gasteiger charge is 2.17. The molecule has 21 heavy (non-hydrogen) atoms. The third kappa shape index (κ3) is 2.34. The summed E-state index contributed by atoms with van der Waals surface area (Å²) in [5.41, 5.74) is 0.0963. The molecule has 1 heterocycles. The van der Waals surface area contributed by atoms with Gasteiger partial charge in [0.1, 0.15) is 0 Å². The minimum absolute atomic E-state index is 0.114. The van der Waals surface area contributed by atoms with Crippen molar-refractivity contribution in [2.24, 2.45) is 0 Å². The van der Waals surface area contributed by atoms with Gasteiger partial charge in [-0.1, -0.05) is 30.3 Å². The van der Waals surface area contributed by atoms with E-state index in [4.69, 9.17) is 5.26 Å². The van der Waals surface area contributed by atoms with Crippen LogP contribution in [0.2, 0.25) is 0 Å². The molecule has 0 bridgehead atoms. The van der Waals surface area contributed by atoms with Crippen LogP contribution in [0.15, 0.2) is 42.5 Å². The monoisotopic (exact) mass is 283 g/mol. The Kier molecular flexibility index (Phi) is 3.12. The van der Waals surface area contributed by atoms with E-state index in [0.717, 1.165) is 16.9 Å². The van der Waals surface area contributed by atoms with E-state index >= 15 is 0 Å². The van der Waals surface area contributed by atoms with Gasteiger partial charge in [-0.05, 0) is 17.3 Å². The molecule has 102 valence electrons. The topological polar surface area (TPSA) is 67.4 Å². The molecule has 3 rings (SSSR count). The minimum Gasteiger partial charge on any atom is -0.204 e. The van der Waals surface area contributed by atoms with Crippen LogP contribution in [-0.4, -0.2) is 20.2 Å². The highest BCUT2D eigenvalue weighted by Crippen LogP contribution is 2.19. The van der Waals surface area contributed by atoms with Crippen LogP contribution in [0.5, 0.6) is 0 Å². The van der Waals surface area contributed by atoms with Crippen molar-refractivity contribution < 1.29 is 8.78 Å². The van der Waals surface area contributed by atoms with Crippen molar-refractivity contribution >= 4 is 0 Å². The van der Waals surface area contributed by atoms with Crippen molar-refractivity contribution in [2.75, 3.05) is 0 Å². The van der Waals surface area contributed by atoms with Crippen molar-refractivity contribution in [1.82, 2.24) is 20.2 Å². The molecule has 7 heteroatoms. The molecule has 0 aliphatic heterocycles. The van der Waals surface area contributed by atoms with Crippen LogP contribution in [0.1, 0.15) is 5.56 Å². The predicted molar refractivity (Wildman–Crippen MR) is 69.2 cm³/mol. The Balaban J connectivity index is 2.07. The second-order valence-corrected chi connectivity index (χ2v) is 4.17. The first-order valence-electron chi connectivity index (χ1n) is 5.94. The van der Waals surface area contributed by atoms with Crippen LogP contribution >= 0.6 is 0 Å². The van der Waals surface area contributed by atoms with Crippen molar-refractivity contribution in [3.8, 4) is 23.1 Å². The molecule has 0 N–H and O–H groups in total. The lowest BCUT2D eigenvalue weighted by molar-refractivity contribution is 0.540. The van der Waals surface area contributed by atoms with E-state index in [2.05, 4.69) is 15.4 Å². The van der Waals surface area contributed by atoms with Crippen LogP contribution in [-0.2, 0) is 0 Å². The Labute approximate surface area is 118 Å². The fourth-order valence-corrected chi connectivity index (χ4v) is 1.83. The molecule has 0 aliphatic rings. The van der Waals surface area contributed by atoms with Crippen molar-refractivity contribution in [3.63, 3.8) is 0 Å². The lowest BCUT2D eigenvalue weighted by Crippen LogP contribution is -2.06. The van der Waals surface area contributed by atoms with Gasteiger partial charge in [-0.25, -0.2) is 8.78 Å². The Morgan fingerprint density at radius 1 is 1.05 bits per heavy atom. The summed E-state index contributed by atoms with van der Waals surface area (Å²) < 4.78 is 27.8. The van der Waals surface area contributed by atoms with Gasteiger partial charge in [0.2, 0.25) is 5.82 Å². The van der Waals surface area contributed by atoms with Crippen molar-refractivity contribution in [3.05, 3.63) is 59.7 Å². The molecule has 0 spiro atoms. The first-order chi connectivity index (χ1) is 10.2. The molecule has 0 saturated heterocycles. The number of halogens is 2. The number of aromatic nitrogens is 4. The van der Waals surface area contributed by atoms with E-state index in [9.17, 15) is 8.78 Å². The van der Waals surface area contributed by atoms with Gasteiger partial charge in [0.25, 0.3) is 0 Å². The summed E-state index contributed by atoms with van der Waals surface area (Å²) in [6.07, 6.45) is 0. The minimum atomic E-state index is -0.927. The zero-order valence-corrected chi connectivity index (χ0v) is 10.5. The Bertz CT molecular complexity index is 813. The second-order valence-electron chi connectivity index (χ2n) is 4.17.